The summed E-state index contributed by atoms with van der Waals surface area (Å²) in [7, 11) is -3.62. The Morgan fingerprint density at radius 3 is 2.32 bits per heavy atom. The molecule has 4 rings (SSSR count). The molecule has 0 atom stereocenters. The van der Waals surface area contributed by atoms with Crippen molar-refractivity contribution in [2.24, 2.45) is 0 Å². The van der Waals surface area contributed by atoms with Crippen molar-refractivity contribution in [1.82, 2.24) is 10.0 Å². The molecule has 1 amide bonds. The number of nitrogens with one attached hydrogen (secondary N) is 2. The van der Waals surface area contributed by atoms with Gasteiger partial charge in [0.05, 0.1) is 4.90 Å². The van der Waals surface area contributed by atoms with Crippen LogP contribution in [0, 0.1) is 6.92 Å². The quantitative estimate of drug-likeness (QED) is 0.589. The lowest BCUT2D eigenvalue weighted by atomic mass is 9.96. The molecule has 5 nitrogen and oxygen atoms in total. The highest BCUT2D eigenvalue weighted by atomic mass is 32.2. The van der Waals surface area contributed by atoms with Crippen molar-refractivity contribution in [3.05, 3.63) is 77.4 Å². The largest absolute Gasteiger partial charge is 0.348 e. The summed E-state index contributed by atoms with van der Waals surface area (Å²) in [6.45, 7) is 2.23. The number of fused-ring (bicyclic) bond motifs is 1. The summed E-state index contributed by atoms with van der Waals surface area (Å²) in [6.07, 6.45) is 5.07. The van der Waals surface area contributed by atoms with Gasteiger partial charge in [-0.05, 0) is 48.4 Å². The Hall–Kier alpha value is -2.70. The lowest BCUT2D eigenvalue weighted by molar-refractivity contribution is 0.0950. The van der Waals surface area contributed by atoms with Crippen molar-refractivity contribution in [2.45, 2.75) is 56.5 Å². The van der Waals surface area contributed by atoms with Gasteiger partial charge in [0, 0.05) is 23.5 Å². The molecule has 31 heavy (non-hydrogen) atoms. The molecule has 0 unspecified atom stereocenters. The predicted octanol–water partition coefficient (Wildman–Crippen LogP) is 4.69. The van der Waals surface area contributed by atoms with E-state index < -0.39 is 10.0 Å². The number of sulfonamides is 1. The molecule has 1 aliphatic carbocycles. The van der Waals surface area contributed by atoms with Gasteiger partial charge in [0.2, 0.25) is 10.0 Å². The van der Waals surface area contributed by atoms with E-state index in [1.165, 1.54) is 6.42 Å². The fourth-order valence-corrected chi connectivity index (χ4v) is 5.84. The van der Waals surface area contributed by atoms with Gasteiger partial charge in [-0.3, -0.25) is 4.79 Å². The zero-order valence-electron chi connectivity index (χ0n) is 17.7. The maximum Gasteiger partial charge on any atom is 0.251 e. The van der Waals surface area contributed by atoms with E-state index in [0.29, 0.717) is 22.4 Å². The fraction of sp³-hybridized carbons (Fsp3) is 0.320. The maximum absolute atomic E-state index is 13.1. The van der Waals surface area contributed by atoms with Gasteiger partial charge in [-0.25, -0.2) is 13.1 Å². The number of carbonyl (C=O) groups is 1. The smallest absolute Gasteiger partial charge is 0.251 e. The molecule has 3 aromatic carbocycles. The Bertz CT molecular complexity index is 1200. The number of rotatable bonds is 6. The number of hydrogen-bond donors (Lipinski definition) is 2. The normalized spacial score (nSPS) is 15.1. The topological polar surface area (TPSA) is 75.3 Å². The molecule has 0 aromatic heterocycles. The number of aryl methyl sites for hydroxylation is 1. The number of benzene rings is 3. The lowest BCUT2D eigenvalue weighted by Crippen LogP contribution is -2.36. The van der Waals surface area contributed by atoms with E-state index in [4.69, 9.17) is 0 Å². The van der Waals surface area contributed by atoms with E-state index in [0.717, 1.165) is 42.2 Å². The molecule has 0 aliphatic heterocycles. The first-order valence-corrected chi connectivity index (χ1v) is 12.3. The molecular formula is C25H28N2O3S. The monoisotopic (exact) mass is 436 g/mol. The SMILES string of the molecule is Cc1ccccc1C(=O)NCc1ccc(S(=O)(=O)NC2CCCCC2)c2ccccc12. The number of hydrogen-bond acceptors (Lipinski definition) is 3. The lowest BCUT2D eigenvalue weighted by Gasteiger charge is -2.23. The molecule has 2 N–H and O–H groups in total. The Labute approximate surface area is 183 Å². The summed E-state index contributed by atoms with van der Waals surface area (Å²) in [5.41, 5.74) is 2.44. The third kappa shape index (κ3) is 4.81. The Balaban J connectivity index is 1.59. The van der Waals surface area contributed by atoms with E-state index in [1.54, 1.807) is 18.2 Å². The molecular weight excluding hydrogens is 408 g/mol. The fourth-order valence-electron chi connectivity index (χ4n) is 4.32. The van der Waals surface area contributed by atoms with Gasteiger partial charge in [0.1, 0.15) is 0 Å². The Kier molecular flexibility index (Phi) is 6.39. The van der Waals surface area contributed by atoms with Crippen LogP contribution in [0.25, 0.3) is 10.8 Å². The van der Waals surface area contributed by atoms with Crippen LogP contribution in [-0.2, 0) is 16.6 Å². The summed E-state index contributed by atoms with van der Waals surface area (Å²) in [5.74, 6) is -0.141. The van der Waals surface area contributed by atoms with Crippen LogP contribution in [0.2, 0.25) is 0 Å². The highest BCUT2D eigenvalue weighted by Gasteiger charge is 2.24. The predicted molar refractivity (Wildman–Crippen MR) is 123 cm³/mol. The average Bonchev–Trinajstić information content (AvgIpc) is 2.77. The van der Waals surface area contributed by atoms with Crippen molar-refractivity contribution < 1.29 is 13.2 Å². The molecule has 0 heterocycles. The van der Waals surface area contributed by atoms with Crippen molar-refractivity contribution in [3.63, 3.8) is 0 Å². The average molecular weight is 437 g/mol. The highest BCUT2D eigenvalue weighted by Crippen LogP contribution is 2.28. The van der Waals surface area contributed by atoms with E-state index in [1.807, 2.05) is 49.4 Å². The summed E-state index contributed by atoms with van der Waals surface area (Å²) < 4.78 is 29.2. The van der Waals surface area contributed by atoms with Crippen LogP contribution >= 0.6 is 0 Å². The minimum atomic E-state index is -3.62. The first-order chi connectivity index (χ1) is 15.0. The summed E-state index contributed by atoms with van der Waals surface area (Å²) in [4.78, 5) is 12.9. The first kappa shape index (κ1) is 21.5. The number of amides is 1. The van der Waals surface area contributed by atoms with E-state index >= 15 is 0 Å². The summed E-state index contributed by atoms with van der Waals surface area (Å²) >= 11 is 0. The molecule has 3 aromatic rings. The van der Waals surface area contributed by atoms with Gasteiger partial charge < -0.3 is 5.32 Å². The molecule has 1 saturated carbocycles. The van der Waals surface area contributed by atoms with Gasteiger partial charge in [-0.2, -0.15) is 0 Å². The van der Waals surface area contributed by atoms with Gasteiger partial charge in [0.15, 0.2) is 0 Å². The van der Waals surface area contributed by atoms with E-state index in [2.05, 4.69) is 10.0 Å². The zero-order valence-corrected chi connectivity index (χ0v) is 18.5. The van der Waals surface area contributed by atoms with Crippen LogP contribution in [0.3, 0.4) is 0 Å². The van der Waals surface area contributed by atoms with Crippen LogP contribution in [0.5, 0.6) is 0 Å². The standard InChI is InChI=1S/C25H28N2O3S/c1-18-9-5-6-12-21(18)25(28)26-17-19-15-16-24(23-14-8-7-13-22(19)23)31(29,30)27-20-10-3-2-4-11-20/h5-9,12-16,20,27H,2-4,10-11,17H2,1H3,(H,26,28). The van der Waals surface area contributed by atoms with Gasteiger partial charge in [0.25, 0.3) is 5.91 Å². The molecule has 1 aliphatic rings. The molecule has 1 fully saturated rings. The van der Waals surface area contributed by atoms with Crippen LogP contribution in [0.1, 0.15) is 53.6 Å². The van der Waals surface area contributed by atoms with Gasteiger partial charge in [-0.1, -0.05) is 67.8 Å². The molecule has 6 heteroatoms. The van der Waals surface area contributed by atoms with Gasteiger partial charge in [-0.15, -0.1) is 0 Å². The Morgan fingerprint density at radius 1 is 0.903 bits per heavy atom. The van der Waals surface area contributed by atoms with Crippen LogP contribution in [-0.4, -0.2) is 20.4 Å². The minimum Gasteiger partial charge on any atom is -0.348 e. The second kappa shape index (κ2) is 9.20. The summed E-state index contributed by atoms with van der Waals surface area (Å²) in [6, 6.07) is 18.4. The van der Waals surface area contributed by atoms with Gasteiger partial charge >= 0.3 is 0 Å². The third-order valence-corrected chi connectivity index (χ3v) is 7.60. The van der Waals surface area contributed by atoms with Crippen LogP contribution in [0.15, 0.2) is 65.6 Å². The summed E-state index contributed by atoms with van der Waals surface area (Å²) in [5, 5.41) is 4.48. The first-order valence-electron chi connectivity index (χ1n) is 10.8. The van der Waals surface area contributed by atoms with Crippen LogP contribution in [0.4, 0.5) is 0 Å². The van der Waals surface area contributed by atoms with Crippen molar-refractivity contribution in [2.75, 3.05) is 0 Å². The van der Waals surface area contributed by atoms with E-state index in [9.17, 15) is 13.2 Å². The van der Waals surface area contributed by atoms with Crippen molar-refractivity contribution >= 4 is 26.7 Å². The second-order valence-electron chi connectivity index (χ2n) is 8.22. The molecule has 162 valence electrons. The van der Waals surface area contributed by atoms with Crippen molar-refractivity contribution in [1.29, 1.82) is 0 Å². The second-order valence-corrected chi connectivity index (χ2v) is 9.90. The van der Waals surface area contributed by atoms with Crippen LogP contribution < -0.4 is 10.0 Å². The van der Waals surface area contributed by atoms with Crippen molar-refractivity contribution in [3.8, 4) is 0 Å². The molecule has 0 radical (unpaired) electrons. The molecule has 0 spiro atoms. The molecule has 0 bridgehead atoms. The minimum absolute atomic E-state index is 0.00517. The molecule has 0 saturated heterocycles. The maximum atomic E-state index is 13.1. The zero-order chi connectivity index (χ0) is 21.8. The Morgan fingerprint density at radius 2 is 1.58 bits per heavy atom. The third-order valence-electron chi connectivity index (χ3n) is 6.02. The highest BCUT2D eigenvalue weighted by molar-refractivity contribution is 7.89. The number of carbonyl (C=O) groups excluding carboxylic acids is 1. The van der Waals surface area contributed by atoms with E-state index in [-0.39, 0.29) is 11.9 Å².